The molecule has 0 fully saturated rings. The molecule has 0 radical (unpaired) electrons. The number of nitrogens with zero attached hydrogens (tertiary/aromatic N) is 2. The quantitative estimate of drug-likeness (QED) is 0.598. The number of aliphatic imine (C=N–C) groups is 1. The van der Waals surface area contributed by atoms with Gasteiger partial charge in [0.25, 0.3) is 10.0 Å². The Labute approximate surface area is 176 Å². The maximum absolute atomic E-state index is 14.6. The Kier molecular flexibility index (Phi) is 5.47. The summed E-state index contributed by atoms with van der Waals surface area (Å²) in [5.74, 6) is -2.04. The number of halogens is 3. The molecular weight excluding hydrogens is 429 g/mol. The first-order chi connectivity index (χ1) is 14.8. The molecule has 0 bridgehead atoms. The predicted octanol–water partition coefficient (Wildman–Crippen LogP) is 3.93. The lowest BCUT2D eigenvalue weighted by Crippen LogP contribution is -2.41. The molecular formula is C21H15F3N4O2S. The standard InChI is InChI=1S/C21H15F3N4O2S/c22-15-5-2-1-4-13(15)7-8-14-16(23)9-10-19-20(14)27-21(28-31(19,29)30)26-12-18-17(24)6-3-11-25-18/h1-11H,12H2,(H2,26,27,28)/b8-7-. The van der Waals surface area contributed by atoms with E-state index in [1.807, 2.05) is 0 Å². The van der Waals surface area contributed by atoms with Gasteiger partial charge in [-0.2, -0.15) is 0 Å². The second-order valence-electron chi connectivity index (χ2n) is 6.52. The number of hydrogen-bond donors (Lipinski definition) is 2. The maximum Gasteiger partial charge on any atom is 0.266 e. The van der Waals surface area contributed by atoms with E-state index in [1.54, 1.807) is 6.07 Å². The van der Waals surface area contributed by atoms with Crippen LogP contribution in [-0.2, 0) is 16.6 Å². The molecule has 0 spiro atoms. The van der Waals surface area contributed by atoms with Crippen molar-refractivity contribution in [1.29, 1.82) is 0 Å². The second-order valence-corrected chi connectivity index (χ2v) is 8.17. The summed E-state index contributed by atoms with van der Waals surface area (Å²) in [4.78, 5) is 7.67. The Morgan fingerprint density at radius 2 is 1.71 bits per heavy atom. The van der Waals surface area contributed by atoms with Crippen molar-refractivity contribution in [1.82, 2.24) is 9.71 Å². The van der Waals surface area contributed by atoms with Gasteiger partial charge in [-0.05, 0) is 36.4 Å². The molecule has 3 aromatic rings. The van der Waals surface area contributed by atoms with Gasteiger partial charge in [0, 0.05) is 17.3 Å². The molecule has 2 aromatic carbocycles. The first-order valence-electron chi connectivity index (χ1n) is 9.04. The van der Waals surface area contributed by atoms with E-state index < -0.39 is 27.5 Å². The first-order valence-corrected chi connectivity index (χ1v) is 10.5. The van der Waals surface area contributed by atoms with E-state index in [0.29, 0.717) is 0 Å². The van der Waals surface area contributed by atoms with Crippen molar-refractivity contribution in [3.63, 3.8) is 0 Å². The van der Waals surface area contributed by atoms with Crippen LogP contribution in [0.1, 0.15) is 16.8 Å². The molecule has 1 aliphatic rings. The van der Waals surface area contributed by atoms with Crippen molar-refractivity contribution in [2.24, 2.45) is 4.99 Å². The van der Waals surface area contributed by atoms with Crippen molar-refractivity contribution in [3.8, 4) is 0 Å². The van der Waals surface area contributed by atoms with Crippen molar-refractivity contribution in [2.45, 2.75) is 11.4 Å². The molecule has 0 unspecified atom stereocenters. The number of hydrogen-bond acceptors (Lipinski definition) is 4. The topological polar surface area (TPSA) is 83.5 Å². The molecule has 4 rings (SSSR count). The van der Waals surface area contributed by atoms with E-state index in [1.165, 1.54) is 48.7 Å². The van der Waals surface area contributed by atoms with Gasteiger partial charge in [0.1, 0.15) is 22.3 Å². The lowest BCUT2D eigenvalue weighted by Gasteiger charge is -2.23. The van der Waals surface area contributed by atoms with E-state index >= 15 is 0 Å². The summed E-state index contributed by atoms with van der Waals surface area (Å²) in [5, 5.41) is 2.73. The molecule has 2 heterocycles. The molecule has 31 heavy (non-hydrogen) atoms. The van der Waals surface area contributed by atoms with Gasteiger partial charge >= 0.3 is 0 Å². The van der Waals surface area contributed by atoms with Gasteiger partial charge in [0.15, 0.2) is 0 Å². The Balaban J connectivity index is 1.73. The van der Waals surface area contributed by atoms with Crippen LogP contribution in [0.25, 0.3) is 12.2 Å². The summed E-state index contributed by atoms with van der Waals surface area (Å²) in [6, 6.07) is 10.6. The molecule has 0 saturated heterocycles. The van der Waals surface area contributed by atoms with E-state index in [2.05, 4.69) is 20.0 Å². The highest BCUT2D eigenvalue weighted by Gasteiger charge is 2.29. The predicted molar refractivity (Wildman–Crippen MR) is 111 cm³/mol. The molecule has 6 nitrogen and oxygen atoms in total. The monoisotopic (exact) mass is 444 g/mol. The SMILES string of the molecule is O=S1(=O)NC(=NCc2ncccc2F)Nc2c1ccc(F)c2/C=C\c1ccccc1F. The molecule has 1 aromatic heterocycles. The minimum absolute atomic E-state index is 0.0145. The van der Waals surface area contributed by atoms with Crippen LogP contribution in [0.4, 0.5) is 18.9 Å². The van der Waals surface area contributed by atoms with Crippen LogP contribution in [0.5, 0.6) is 0 Å². The zero-order valence-corrected chi connectivity index (χ0v) is 16.6. The number of pyridine rings is 1. The maximum atomic E-state index is 14.6. The highest BCUT2D eigenvalue weighted by Crippen LogP contribution is 2.32. The number of fused-ring (bicyclic) bond motifs is 1. The molecule has 10 heteroatoms. The van der Waals surface area contributed by atoms with Gasteiger partial charge in [-0.25, -0.2) is 31.3 Å². The number of nitrogens with one attached hydrogen (secondary N) is 2. The van der Waals surface area contributed by atoms with Gasteiger partial charge in [0.05, 0.1) is 17.9 Å². The van der Waals surface area contributed by atoms with E-state index in [-0.39, 0.29) is 39.9 Å². The third-order valence-corrected chi connectivity index (χ3v) is 5.86. The zero-order valence-electron chi connectivity index (χ0n) is 15.8. The minimum atomic E-state index is -4.07. The molecule has 158 valence electrons. The Morgan fingerprint density at radius 1 is 0.935 bits per heavy atom. The highest BCUT2D eigenvalue weighted by atomic mass is 32.2. The van der Waals surface area contributed by atoms with Gasteiger partial charge in [0.2, 0.25) is 5.96 Å². The Hall–Kier alpha value is -3.66. The lowest BCUT2D eigenvalue weighted by atomic mass is 10.1. The number of anilines is 1. The molecule has 0 saturated carbocycles. The van der Waals surface area contributed by atoms with Crippen LogP contribution >= 0.6 is 0 Å². The molecule has 2 N–H and O–H groups in total. The fraction of sp³-hybridized carbons (Fsp3) is 0.0476. The fourth-order valence-corrected chi connectivity index (χ4v) is 4.12. The fourth-order valence-electron chi connectivity index (χ4n) is 2.96. The van der Waals surface area contributed by atoms with Crippen LogP contribution in [-0.4, -0.2) is 19.4 Å². The van der Waals surface area contributed by atoms with E-state index in [9.17, 15) is 21.6 Å². The molecule has 0 aliphatic carbocycles. The molecule has 0 amide bonds. The van der Waals surface area contributed by atoms with Crippen molar-refractivity contribution >= 4 is 33.8 Å². The zero-order chi connectivity index (χ0) is 22.0. The second kappa shape index (κ2) is 8.23. The van der Waals surface area contributed by atoms with Crippen LogP contribution in [0.3, 0.4) is 0 Å². The van der Waals surface area contributed by atoms with E-state index in [4.69, 9.17) is 0 Å². The summed E-state index contributed by atoms with van der Waals surface area (Å²) in [6.07, 6.45) is 3.99. The summed E-state index contributed by atoms with van der Waals surface area (Å²) < 4.78 is 69.7. The number of aromatic nitrogens is 1. The highest BCUT2D eigenvalue weighted by molar-refractivity contribution is 7.90. The minimum Gasteiger partial charge on any atom is -0.324 e. The van der Waals surface area contributed by atoms with Gasteiger partial charge < -0.3 is 5.32 Å². The number of guanidine groups is 1. The van der Waals surface area contributed by atoms with Crippen LogP contribution in [0, 0.1) is 17.5 Å². The molecule has 0 atom stereocenters. The van der Waals surface area contributed by atoms with Gasteiger partial charge in [-0.3, -0.25) is 4.98 Å². The Morgan fingerprint density at radius 3 is 2.48 bits per heavy atom. The van der Waals surface area contributed by atoms with Gasteiger partial charge in [-0.15, -0.1) is 0 Å². The van der Waals surface area contributed by atoms with Crippen LogP contribution in [0.15, 0.2) is 64.6 Å². The summed E-state index contributed by atoms with van der Waals surface area (Å²) in [7, 11) is -4.07. The van der Waals surface area contributed by atoms with Crippen LogP contribution < -0.4 is 10.0 Å². The smallest absolute Gasteiger partial charge is 0.266 e. The van der Waals surface area contributed by atoms with Crippen molar-refractivity contribution < 1.29 is 21.6 Å². The van der Waals surface area contributed by atoms with Gasteiger partial charge in [-0.1, -0.05) is 24.3 Å². The number of rotatable bonds is 4. The summed E-state index contributed by atoms with van der Waals surface area (Å²) >= 11 is 0. The third-order valence-electron chi connectivity index (χ3n) is 4.47. The molecule has 1 aliphatic heterocycles. The van der Waals surface area contributed by atoms with E-state index in [0.717, 1.165) is 12.1 Å². The largest absolute Gasteiger partial charge is 0.324 e. The third kappa shape index (κ3) is 4.29. The number of benzene rings is 2. The lowest BCUT2D eigenvalue weighted by molar-refractivity contribution is 0.589. The first kappa shape index (κ1) is 20.6. The normalized spacial score (nSPS) is 16.0. The van der Waals surface area contributed by atoms with Crippen LogP contribution in [0.2, 0.25) is 0 Å². The number of sulfonamides is 1. The average Bonchev–Trinajstić information content (AvgIpc) is 2.73. The van der Waals surface area contributed by atoms with Crippen molar-refractivity contribution in [3.05, 3.63) is 89.0 Å². The summed E-state index contributed by atoms with van der Waals surface area (Å²) in [6.45, 7) is -0.247. The Bertz CT molecular complexity index is 1320. The van der Waals surface area contributed by atoms with Crippen molar-refractivity contribution in [2.75, 3.05) is 5.32 Å². The summed E-state index contributed by atoms with van der Waals surface area (Å²) in [5.41, 5.74) is 0.0608. The average molecular weight is 444 g/mol.